The van der Waals surface area contributed by atoms with Crippen LogP contribution in [0.15, 0.2) is 48.7 Å². The molecule has 0 aliphatic carbocycles. The quantitative estimate of drug-likeness (QED) is 0.786. The molecule has 0 radical (unpaired) electrons. The Hall–Kier alpha value is -1.68. The number of halogens is 2. The number of aliphatic hydroxyl groups excluding tert-OH is 1. The lowest BCUT2D eigenvalue weighted by Gasteiger charge is -2.12. The van der Waals surface area contributed by atoms with Gasteiger partial charge in [0.2, 0.25) is 0 Å². The second kappa shape index (κ2) is 5.98. The Balaban J connectivity index is 1.89. The number of hydrogen-bond donors (Lipinski definition) is 1. The zero-order chi connectivity index (χ0) is 14.8. The van der Waals surface area contributed by atoms with E-state index in [0.29, 0.717) is 22.2 Å². The van der Waals surface area contributed by atoms with Crippen LogP contribution in [0, 0.1) is 0 Å². The lowest BCUT2D eigenvalue weighted by atomic mass is 10.1. The predicted octanol–water partition coefficient (Wildman–Crippen LogP) is 4.21. The van der Waals surface area contributed by atoms with E-state index in [-0.39, 0.29) is 0 Å². The summed E-state index contributed by atoms with van der Waals surface area (Å²) in [5, 5.41) is 11.5. The molecule has 5 heteroatoms. The van der Waals surface area contributed by atoms with Crippen LogP contribution in [0.4, 0.5) is 0 Å². The number of aliphatic hydroxyl groups is 1. The van der Waals surface area contributed by atoms with E-state index in [1.165, 1.54) is 0 Å². The second-order valence-corrected chi connectivity index (χ2v) is 5.58. The molecule has 0 fully saturated rings. The van der Waals surface area contributed by atoms with Crippen molar-refractivity contribution in [2.75, 3.05) is 0 Å². The van der Waals surface area contributed by atoms with Crippen LogP contribution in [0.25, 0.3) is 11.0 Å². The third-order valence-electron chi connectivity index (χ3n) is 3.23. The number of para-hydroxylation sites is 2. The van der Waals surface area contributed by atoms with Gasteiger partial charge in [-0.15, -0.1) is 0 Å². The van der Waals surface area contributed by atoms with Gasteiger partial charge in [-0.1, -0.05) is 35.3 Å². The molecular weight excluding hydrogens is 307 g/mol. The maximum absolute atomic E-state index is 10.3. The van der Waals surface area contributed by atoms with Gasteiger partial charge in [-0.05, 0) is 35.9 Å². The van der Waals surface area contributed by atoms with Gasteiger partial charge in [-0.2, -0.15) is 0 Å². The van der Waals surface area contributed by atoms with E-state index < -0.39 is 6.10 Å². The minimum Gasteiger partial charge on any atom is -0.386 e. The van der Waals surface area contributed by atoms with Crippen LogP contribution >= 0.6 is 23.2 Å². The standard InChI is InChI=1S/C16H12Cl2N2O/c17-11-5-6-12(18)10(7-11)8-16(21)15-9-19-13-3-1-2-4-14(13)20-15/h1-7,9,16,21H,8H2. The van der Waals surface area contributed by atoms with Crippen molar-refractivity contribution < 1.29 is 5.11 Å². The SMILES string of the molecule is OC(Cc1cc(Cl)ccc1Cl)c1cnc2ccccc2n1. The number of aromatic nitrogens is 2. The van der Waals surface area contributed by atoms with Crippen LogP contribution < -0.4 is 0 Å². The van der Waals surface area contributed by atoms with Crippen molar-refractivity contribution in [1.82, 2.24) is 9.97 Å². The van der Waals surface area contributed by atoms with Crippen molar-refractivity contribution in [2.24, 2.45) is 0 Å². The normalized spacial score (nSPS) is 12.5. The Morgan fingerprint density at radius 1 is 1.05 bits per heavy atom. The topological polar surface area (TPSA) is 46.0 Å². The zero-order valence-corrected chi connectivity index (χ0v) is 12.5. The van der Waals surface area contributed by atoms with Crippen molar-refractivity contribution in [3.63, 3.8) is 0 Å². The minimum absolute atomic E-state index is 0.340. The number of benzene rings is 2. The summed E-state index contributed by atoms with van der Waals surface area (Å²) in [5.41, 5.74) is 2.86. The van der Waals surface area contributed by atoms with Gasteiger partial charge in [0, 0.05) is 16.5 Å². The van der Waals surface area contributed by atoms with E-state index in [0.717, 1.165) is 16.6 Å². The van der Waals surface area contributed by atoms with Gasteiger partial charge < -0.3 is 5.11 Å². The highest BCUT2D eigenvalue weighted by molar-refractivity contribution is 6.33. The smallest absolute Gasteiger partial charge is 0.102 e. The average molecular weight is 319 g/mol. The molecule has 0 bridgehead atoms. The largest absolute Gasteiger partial charge is 0.386 e. The molecule has 2 aromatic carbocycles. The fourth-order valence-corrected chi connectivity index (χ4v) is 2.53. The molecule has 0 aliphatic heterocycles. The van der Waals surface area contributed by atoms with Crippen LogP contribution in [-0.4, -0.2) is 15.1 Å². The fourth-order valence-electron chi connectivity index (χ4n) is 2.14. The molecule has 0 amide bonds. The molecule has 3 nitrogen and oxygen atoms in total. The first-order valence-corrected chi connectivity index (χ1v) is 7.23. The maximum atomic E-state index is 10.3. The number of rotatable bonds is 3. The Morgan fingerprint density at radius 2 is 1.81 bits per heavy atom. The first kappa shape index (κ1) is 14.3. The highest BCUT2D eigenvalue weighted by Crippen LogP contribution is 2.26. The molecular formula is C16H12Cl2N2O. The van der Waals surface area contributed by atoms with Crippen LogP contribution in [-0.2, 0) is 6.42 Å². The first-order chi connectivity index (χ1) is 10.1. The molecule has 106 valence electrons. The molecule has 1 N–H and O–H groups in total. The summed E-state index contributed by atoms with van der Waals surface area (Å²) in [6, 6.07) is 12.7. The predicted molar refractivity (Wildman–Crippen MR) is 84.7 cm³/mol. The Labute approximate surface area is 132 Å². The molecule has 0 saturated heterocycles. The van der Waals surface area contributed by atoms with Crippen molar-refractivity contribution in [1.29, 1.82) is 0 Å². The highest BCUT2D eigenvalue weighted by Gasteiger charge is 2.14. The van der Waals surface area contributed by atoms with Gasteiger partial charge in [0.1, 0.15) is 6.10 Å². The minimum atomic E-state index is -0.780. The van der Waals surface area contributed by atoms with Crippen LogP contribution in [0.1, 0.15) is 17.4 Å². The monoisotopic (exact) mass is 318 g/mol. The van der Waals surface area contributed by atoms with Gasteiger partial charge in [0.15, 0.2) is 0 Å². The van der Waals surface area contributed by atoms with E-state index in [9.17, 15) is 5.11 Å². The molecule has 1 heterocycles. The summed E-state index contributed by atoms with van der Waals surface area (Å²) >= 11 is 12.1. The third kappa shape index (κ3) is 3.16. The molecule has 3 rings (SSSR count). The summed E-state index contributed by atoms with van der Waals surface area (Å²) in [7, 11) is 0. The molecule has 0 aliphatic rings. The first-order valence-electron chi connectivity index (χ1n) is 6.47. The van der Waals surface area contributed by atoms with E-state index in [1.807, 2.05) is 24.3 Å². The van der Waals surface area contributed by atoms with Gasteiger partial charge in [0.25, 0.3) is 0 Å². The molecule has 1 aromatic heterocycles. The molecule has 1 atom stereocenters. The van der Waals surface area contributed by atoms with Crippen LogP contribution in [0.2, 0.25) is 10.0 Å². The van der Waals surface area contributed by atoms with Gasteiger partial charge in [-0.3, -0.25) is 4.98 Å². The molecule has 3 aromatic rings. The Kier molecular flexibility index (Phi) is 4.06. The van der Waals surface area contributed by atoms with Crippen molar-refractivity contribution in [2.45, 2.75) is 12.5 Å². The molecule has 0 spiro atoms. The number of nitrogens with zero attached hydrogens (tertiary/aromatic N) is 2. The lowest BCUT2D eigenvalue weighted by Crippen LogP contribution is -2.05. The summed E-state index contributed by atoms with van der Waals surface area (Å²) in [6.45, 7) is 0. The van der Waals surface area contributed by atoms with Gasteiger partial charge in [-0.25, -0.2) is 4.98 Å². The lowest BCUT2D eigenvalue weighted by molar-refractivity contribution is 0.173. The highest BCUT2D eigenvalue weighted by atomic mass is 35.5. The molecule has 21 heavy (non-hydrogen) atoms. The van der Waals surface area contributed by atoms with Crippen molar-refractivity contribution in [3.05, 3.63) is 70.0 Å². The fraction of sp³-hybridized carbons (Fsp3) is 0.125. The number of hydrogen-bond acceptors (Lipinski definition) is 3. The third-order valence-corrected chi connectivity index (χ3v) is 3.83. The second-order valence-electron chi connectivity index (χ2n) is 4.74. The van der Waals surface area contributed by atoms with Crippen LogP contribution in [0.3, 0.4) is 0 Å². The van der Waals surface area contributed by atoms with E-state index in [4.69, 9.17) is 23.2 Å². The average Bonchev–Trinajstić information content (AvgIpc) is 2.50. The van der Waals surface area contributed by atoms with E-state index in [2.05, 4.69) is 9.97 Å². The molecule has 1 unspecified atom stereocenters. The summed E-state index contributed by atoms with van der Waals surface area (Å²) in [4.78, 5) is 8.74. The summed E-state index contributed by atoms with van der Waals surface area (Å²) in [6.07, 6.45) is 1.15. The summed E-state index contributed by atoms with van der Waals surface area (Å²) < 4.78 is 0. The summed E-state index contributed by atoms with van der Waals surface area (Å²) in [5.74, 6) is 0. The zero-order valence-electron chi connectivity index (χ0n) is 11.0. The Morgan fingerprint density at radius 3 is 2.62 bits per heavy atom. The molecule has 0 saturated carbocycles. The van der Waals surface area contributed by atoms with Crippen LogP contribution in [0.5, 0.6) is 0 Å². The van der Waals surface area contributed by atoms with Gasteiger partial charge in [0.05, 0.1) is 22.9 Å². The van der Waals surface area contributed by atoms with Crippen molar-refractivity contribution >= 4 is 34.2 Å². The van der Waals surface area contributed by atoms with E-state index in [1.54, 1.807) is 24.4 Å². The van der Waals surface area contributed by atoms with E-state index >= 15 is 0 Å². The Bertz CT molecular complexity index is 792. The number of fused-ring (bicyclic) bond motifs is 1. The van der Waals surface area contributed by atoms with Gasteiger partial charge >= 0.3 is 0 Å². The van der Waals surface area contributed by atoms with Crippen molar-refractivity contribution in [3.8, 4) is 0 Å². The maximum Gasteiger partial charge on any atom is 0.102 e.